The van der Waals surface area contributed by atoms with Crippen LogP contribution in [0, 0.1) is 5.92 Å². The van der Waals surface area contributed by atoms with Crippen molar-refractivity contribution in [2.24, 2.45) is 5.92 Å². The predicted molar refractivity (Wildman–Crippen MR) is 93.4 cm³/mol. The zero-order chi connectivity index (χ0) is 17.3. The van der Waals surface area contributed by atoms with E-state index in [-0.39, 0.29) is 24.1 Å². The molecule has 0 bridgehead atoms. The summed E-state index contributed by atoms with van der Waals surface area (Å²) in [6.07, 6.45) is 0.765. The van der Waals surface area contributed by atoms with Crippen molar-refractivity contribution in [2.75, 3.05) is 24.5 Å². The highest BCUT2D eigenvalue weighted by Gasteiger charge is 2.41. The van der Waals surface area contributed by atoms with Gasteiger partial charge in [-0.05, 0) is 34.5 Å². The summed E-state index contributed by atoms with van der Waals surface area (Å²) in [6, 6.07) is 7.05. The van der Waals surface area contributed by atoms with Gasteiger partial charge in [-0.2, -0.15) is 0 Å². The molecule has 6 nitrogen and oxygen atoms in total. The molecular formula is C17H20BrN3O3. The summed E-state index contributed by atoms with van der Waals surface area (Å²) in [7, 11) is 0. The monoisotopic (exact) mass is 393 g/mol. The zero-order valence-electron chi connectivity index (χ0n) is 13.5. The Labute approximate surface area is 149 Å². The number of nitrogens with one attached hydrogen (secondary N) is 1. The number of carbonyl (C=O) groups excluding carboxylic acids is 3. The molecule has 0 saturated carbocycles. The quantitative estimate of drug-likeness (QED) is 0.846. The number of rotatable bonds is 3. The fraction of sp³-hybridized carbons (Fsp3) is 0.471. The number of halogens is 1. The first-order valence-corrected chi connectivity index (χ1v) is 8.95. The SMILES string of the molecule is CCC1C(=O)NCCN1C(=O)C1CC(=O)N(c2ccccc2Br)C1. The fourth-order valence-corrected chi connectivity index (χ4v) is 3.89. The molecule has 0 radical (unpaired) electrons. The number of carbonyl (C=O) groups is 3. The Kier molecular flexibility index (Phi) is 4.89. The molecular weight excluding hydrogens is 374 g/mol. The molecule has 0 spiro atoms. The lowest BCUT2D eigenvalue weighted by Gasteiger charge is -2.36. The summed E-state index contributed by atoms with van der Waals surface area (Å²) < 4.78 is 0.829. The Morgan fingerprint density at radius 2 is 2.08 bits per heavy atom. The third kappa shape index (κ3) is 3.05. The maximum absolute atomic E-state index is 12.9. The highest BCUT2D eigenvalue weighted by Crippen LogP contribution is 2.32. The molecule has 128 valence electrons. The second-order valence-corrected chi connectivity index (χ2v) is 6.96. The van der Waals surface area contributed by atoms with E-state index in [2.05, 4.69) is 21.2 Å². The fourth-order valence-electron chi connectivity index (χ4n) is 3.40. The van der Waals surface area contributed by atoms with Crippen molar-refractivity contribution in [3.63, 3.8) is 0 Å². The van der Waals surface area contributed by atoms with E-state index in [9.17, 15) is 14.4 Å². The van der Waals surface area contributed by atoms with E-state index >= 15 is 0 Å². The van der Waals surface area contributed by atoms with Crippen LogP contribution in [0.4, 0.5) is 5.69 Å². The second-order valence-electron chi connectivity index (χ2n) is 6.10. The Morgan fingerprint density at radius 3 is 2.79 bits per heavy atom. The molecule has 0 aromatic heterocycles. The van der Waals surface area contributed by atoms with Crippen LogP contribution in [-0.2, 0) is 14.4 Å². The topological polar surface area (TPSA) is 69.7 Å². The molecule has 3 amide bonds. The predicted octanol–water partition coefficient (Wildman–Crippen LogP) is 1.54. The van der Waals surface area contributed by atoms with Crippen molar-refractivity contribution in [2.45, 2.75) is 25.8 Å². The van der Waals surface area contributed by atoms with E-state index < -0.39 is 12.0 Å². The molecule has 2 aliphatic heterocycles. The van der Waals surface area contributed by atoms with Gasteiger partial charge in [0.1, 0.15) is 6.04 Å². The summed E-state index contributed by atoms with van der Waals surface area (Å²) >= 11 is 3.45. The van der Waals surface area contributed by atoms with Crippen LogP contribution in [0.25, 0.3) is 0 Å². The van der Waals surface area contributed by atoms with Gasteiger partial charge in [-0.25, -0.2) is 0 Å². The van der Waals surface area contributed by atoms with Crippen LogP contribution in [-0.4, -0.2) is 48.3 Å². The largest absolute Gasteiger partial charge is 0.353 e. The molecule has 1 aromatic carbocycles. The number of hydrogen-bond donors (Lipinski definition) is 1. The van der Waals surface area contributed by atoms with Gasteiger partial charge in [0, 0.05) is 30.5 Å². The van der Waals surface area contributed by atoms with E-state index in [0.717, 1.165) is 10.2 Å². The third-order valence-corrected chi connectivity index (χ3v) is 5.29. The summed E-state index contributed by atoms with van der Waals surface area (Å²) in [6.45, 7) is 3.22. The van der Waals surface area contributed by atoms with Crippen LogP contribution in [0.5, 0.6) is 0 Å². The molecule has 2 unspecified atom stereocenters. The Morgan fingerprint density at radius 1 is 1.33 bits per heavy atom. The van der Waals surface area contributed by atoms with Gasteiger partial charge in [-0.3, -0.25) is 14.4 Å². The Hall–Kier alpha value is -1.89. The van der Waals surface area contributed by atoms with Gasteiger partial charge in [0.15, 0.2) is 0 Å². The number of nitrogens with zero attached hydrogens (tertiary/aromatic N) is 2. The molecule has 3 rings (SSSR count). The summed E-state index contributed by atoms with van der Waals surface area (Å²) in [5.41, 5.74) is 0.779. The van der Waals surface area contributed by atoms with Crippen LogP contribution < -0.4 is 10.2 Å². The average molecular weight is 394 g/mol. The summed E-state index contributed by atoms with van der Waals surface area (Å²) in [4.78, 5) is 40.5. The van der Waals surface area contributed by atoms with Crippen molar-refractivity contribution < 1.29 is 14.4 Å². The normalized spacial score (nSPS) is 24.2. The van der Waals surface area contributed by atoms with E-state index in [4.69, 9.17) is 0 Å². The van der Waals surface area contributed by atoms with Gasteiger partial charge in [0.05, 0.1) is 11.6 Å². The van der Waals surface area contributed by atoms with Gasteiger partial charge < -0.3 is 15.1 Å². The maximum Gasteiger partial charge on any atom is 0.242 e. The molecule has 24 heavy (non-hydrogen) atoms. The number of hydrogen-bond acceptors (Lipinski definition) is 3. The lowest BCUT2D eigenvalue weighted by atomic mass is 10.0. The highest BCUT2D eigenvalue weighted by molar-refractivity contribution is 9.10. The molecule has 1 N–H and O–H groups in total. The van der Waals surface area contributed by atoms with Crippen LogP contribution in [0.1, 0.15) is 19.8 Å². The van der Waals surface area contributed by atoms with Gasteiger partial charge >= 0.3 is 0 Å². The van der Waals surface area contributed by atoms with Crippen molar-refractivity contribution in [1.29, 1.82) is 0 Å². The minimum absolute atomic E-state index is 0.0604. The number of para-hydroxylation sites is 1. The summed E-state index contributed by atoms with van der Waals surface area (Å²) in [5.74, 6) is -0.664. The van der Waals surface area contributed by atoms with E-state index in [1.54, 1.807) is 9.80 Å². The first kappa shape index (κ1) is 17.0. The number of anilines is 1. The third-order valence-electron chi connectivity index (χ3n) is 4.62. The number of benzene rings is 1. The number of piperazine rings is 1. The zero-order valence-corrected chi connectivity index (χ0v) is 15.1. The molecule has 1 aromatic rings. The lowest BCUT2D eigenvalue weighted by Crippen LogP contribution is -2.58. The lowest BCUT2D eigenvalue weighted by molar-refractivity contribution is -0.146. The van der Waals surface area contributed by atoms with Crippen LogP contribution in [0.2, 0.25) is 0 Å². The first-order chi connectivity index (χ1) is 11.5. The van der Waals surface area contributed by atoms with Gasteiger partial charge in [0.2, 0.25) is 17.7 Å². The smallest absolute Gasteiger partial charge is 0.242 e. The van der Waals surface area contributed by atoms with Crippen molar-refractivity contribution in [1.82, 2.24) is 10.2 Å². The minimum atomic E-state index is -0.432. The van der Waals surface area contributed by atoms with E-state index in [1.165, 1.54) is 0 Å². The minimum Gasteiger partial charge on any atom is -0.353 e. The van der Waals surface area contributed by atoms with Crippen LogP contribution in [0.3, 0.4) is 0 Å². The van der Waals surface area contributed by atoms with Gasteiger partial charge in [0.25, 0.3) is 0 Å². The van der Waals surface area contributed by atoms with Gasteiger partial charge in [-0.15, -0.1) is 0 Å². The molecule has 2 fully saturated rings. The maximum atomic E-state index is 12.9. The van der Waals surface area contributed by atoms with Crippen LogP contribution in [0.15, 0.2) is 28.7 Å². The van der Waals surface area contributed by atoms with Crippen molar-refractivity contribution >= 4 is 39.3 Å². The first-order valence-electron chi connectivity index (χ1n) is 8.16. The standard InChI is InChI=1S/C17H20BrN3O3/c1-2-13-16(23)19-7-8-20(13)17(24)11-9-15(22)21(10-11)14-6-4-3-5-12(14)18/h3-6,11,13H,2,7-10H2,1H3,(H,19,23). The van der Waals surface area contributed by atoms with Crippen molar-refractivity contribution in [3.05, 3.63) is 28.7 Å². The second kappa shape index (κ2) is 6.93. The molecule has 0 aliphatic carbocycles. The molecule has 2 aliphatic rings. The molecule has 2 atom stereocenters. The average Bonchev–Trinajstić information content (AvgIpc) is 2.96. The number of amides is 3. The Balaban J connectivity index is 1.77. The van der Waals surface area contributed by atoms with Gasteiger partial charge in [-0.1, -0.05) is 19.1 Å². The molecule has 2 heterocycles. The van der Waals surface area contributed by atoms with E-state index in [1.807, 2.05) is 31.2 Å². The van der Waals surface area contributed by atoms with Crippen molar-refractivity contribution in [3.8, 4) is 0 Å². The Bertz CT molecular complexity index is 679. The highest BCUT2D eigenvalue weighted by atomic mass is 79.9. The van der Waals surface area contributed by atoms with Crippen LogP contribution >= 0.6 is 15.9 Å². The molecule has 7 heteroatoms. The van der Waals surface area contributed by atoms with E-state index in [0.29, 0.717) is 26.1 Å². The summed E-state index contributed by atoms with van der Waals surface area (Å²) in [5, 5.41) is 2.79. The molecule has 2 saturated heterocycles.